The van der Waals surface area contributed by atoms with E-state index in [1.54, 1.807) is 5.48 Å². The van der Waals surface area contributed by atoms with Crippen LogP contribution in [-0.2, 0) is 14.4 Å². The van der Waals surface area contributed by atoms with Gasteiger partial charge in [-0.05, 0) is 49.6 Å². The topological polar surface area (TPSA) is 111 Å². The number of piperidine rings is 1. The van der Waals surface area contributed by atoms with Gasteiger partial charge in [0.2, 0.25) is 11.8 Å². The minimum Gasteiger partial charge on any atom is -0.306 e. The predicted molar refractivity (Wildman–Crippen MR) is 137 cm³/mol. The molecule has 4 N–H and O–H groups in total. The Morgan fingerprint density at radius 3 is 2.34 bits per heavy atom. The van der Waals surface area contributed by atoms with Crippen molar-refractivity contribution in [3.63, 3.8) is 0 Å². The van der Waals surface area contributed by atoms with E-state index in [1.165, 1.54) is 5.01 Å². The lowest BCUT2D eigenvalue weighted by Gasteiger charge is -2.33. The molecule has 1 aliphatic heterocycles. The molecule has 2 rings (SSSR count). The highest BCUT2D eigenvalue weighted by Gasteiger charge is 2.36. The van der Waals surface area contributed by atoms with Gasteiger partial charge in [0.05, 0.1) is 17.9 Å². The summed E-state index contributed by atoms with van der Waals surface area (Å²) in [5.41, 5.74) is 5.56. The van der Waals surface area contributed by atoms with Crippen molar-refractivity contribution in [2.45, 2.75) is 65.8 Å². The Morgan fingerprint density at radius 2 is 1.77 bits per heavy atom. The lowest BCUT2D eigenvalue weighted by atomic mass is 9.82. The van der Waals surface area contributed by atoms with Gasteiger partial charge < -0.3 is 5.32 Å². The number of nitrogens with one attached hydrogen (secondary N) is 3. The third kappa shape index (κ3) is 9.45. The van der Waals surface area contributed by atoms with Crippen molar-refractivity contribution in [2.75, 3.05) is 13.1 Å². The van der Waals surface area contributed by atoms with Crippen LogP contribution >= 0.6 is 0 Å². The van der Waals surface area contributed by atoms with Crippen molar-refractivity contribution in [3.8, 4) is 0 Å². The summed E-state index contributed by atoms with van der Waals surface area (Å²) in [6, 6.07) is 9.35. The fraction of sp³-hybridized carbons (Fsp3) is 0.593. The third-order valence-electron chi connectivity index (χ3n) is 6.16. The first kappa shape index (κ1) is 28.5. The Balaban J connectivity index is 2.23. The van der Waals surface area contributed by atoms with Crippen LogP contribution in [0.1, 0.15) is 65.4 Å². The van der Waals surface area contributed by atoms with E-state index in [1.807, 2.05) is 70.2 Å². The highest BCUT2D eigenvalue weighted by molar-refractivity contribution is 5.90. The van der Waals surface area contributed by atoms with E-state index in [2.05, 4.69) is 10.7 Å². The molecule has 1 aliphatic rings. The summed E-state index contributed by atoms with van der Waals surface area (Å²) in [6.45, 7) is 9.10. The molecule has 1 fully saturated rings. The zero-order chi connectivity index (χ0) is 25.8. The third-order valence-corrected chi connectivity index (χ3v) is 6.16. The maximum Gasteiger partial charge on any atom is 0.258 e. The van der Waals surface area contributed by atoms with Crippen LogP contribution < -0.4 is 16.2 Å². The second kappa shape index (κ2) is 14.6. The molecule has 0 bridgehead atoms. The SMILES string of the molecule is CC(C)C[C@@H](C(=O)NN(CC(C)C)C(=O)[C@H]1CCCCN1)[C@H](CC=Cc1ccccc1)C(=O)NO. The highest BCUT2D eigenvalue weighted by atomic mass is 16.5. The first-order valence-corrected chi connectivity index (χ1v) is 12.7. The van der Waals surface area contributed by atoms with Crippen LogP contribution in [0, 0.1) is 23.7 Å². The monoisotopic (exact) mass is 486 g/mol. The number of hydrazine groups is 1. The van der Waals surface area contributed by atoms with E-state index in [0.717, 1.165) is 31.4 Å². The Kier molecular flexibility index (Phi) is 11.9. The molecule has 8 nitrogen and oxygen atoms in total. The van der Waals surface area contributed by atoms with Crippen molar-refractivity contribution in [1.82, 2.24) is 21.2 Å². The van der Waals surface area contributed by atoms with Gasteiger partial charge >= 0.3 is 0 Å². The van der Waals surface area contributed by atoms with Gasteiger partial charge in [-0.15, -0.1) is 0 Å². The molecule has 8 heteroatoms. The largest absolute Gasteiger partial charge is 0.306 e. The Hall–Kier alpha value is -2.71. The molecule has 0 aromatic heterocycles. The van der Waals surface area contributed by atoms with Crippen molar-refractivity contribution < 1.29 is 19.6 Å². The molecule has 1 heterocycles. The lowest BCUT2D eigenvalue weighted by molar-refractivity contribution is -0.149. The summed E-state index contributed by atoms with van der Waals surface area (Å²) >= 11 is 0. The van der Waals surface area contributed by atoms with Gasteiger partial charge in [-0.2, -0.15) is 0 Å². The van der Waals surface area contributed by atoms with Crippen LogP contribution in [0.2, 0.25) is 0 Å². The van der Waals surface area contributed by atoms with Crippen LogP contribution in [0.15, 0.2) is 36.4 Å². The summed E-state index contributed by atoms with van der Waals surface area (Å²) in [4.78, 5) is 39.4. The number of carbonyl (C=O) groups is 3. The van der Waals surface area contributed by atoms with Crippen LogP contribution in [0.25, 0.3) is 6.08 Å². The van der Waals surface area contributed by atoms with Gasteiger partial charge in [0.15, 0.2) is 0 Å². The Labute approximate surface area is 209 Å². The fourth-order valence-electron chi connectivity index (χ4n) is 4.44. The van der Waals surface area contributed by atoms with Crippen molar-refractivity contribution in [3.05, 3.63) is 42.0 Å². The van der Waals surface area contributed by atoms with Crippen LogP contribution in [0.3, 0.4) is 0 Å². The molecule has 3 atom stereocenters. The number of rotatable bonds is 11. The number of allylic oxidation sites excluding steroid dienone is 1. The molecular weight excluding hydrogens is 444 g/mol. The van der Waals surface area contributed by atoms with E-state index in [-0.39, 0.29) is 36.1 Å². The average molecular weight is 487 g/mol. The maximum absolute atomic E-state index is 13.5. The summed E-state index contributed by atoms with van der Waals surface area (Å²) < 4.78 is 0. The number of hydrogen-bond donors (Lipinski definition) is 4. The van der Waals surface area contributed by atoms with E-state index in [0.29, 0.717) is 13.0 Å². The quantitative estimate of drug-likeness (QED) is 0.282. The van der Waals surface area contributed by atoms with Gasteiger partial charge in [0.1, 0.15) is 0 Å². The zero-order valence-corrected chi connectivity index (χ0v) is 21.5. The second-order valence-corrected chi connectivity index (χ2v) is 10.2. The number of amides is 3. The van der Waals surface area contributed by atoms with E-state index < -0.39 is 17.7 Å². The predicted octanol–water partition coefficient (Wildman–Crippen LogP) is 3.53. The zero-order valence-electron chi connectivity index (χ0n) is 21.5. The standard InChI is InChI=1S/C27H42N4O4/c1-19(2)17-23(22(26(33)30-35)14-10-13-21-11-6-5-7-12-21)25(32)29-31(18-20(3)4)27(34)24-15-8-9-16-28-24/h5-7,10-13,19-20,22-24,28,35H,8-9,14-18H2,1-4H3,(H,29,32)(H,30,33)/t22-,23+,24+/m0/s1. The molecule has 0 aliphatic carbocycles. The summed E-state index contributed by atoms with van der Waals surface area (Å²) in [6.07, 6.45) is 7.19. The molecule has 194 valence electrons. The normalized spacial score (nSPS) is 17.9. The van der Waals surface area contributed by atoms with Gasteiger partial charge in [0, 0.05) is 6.54 Å². The molecule has 3 amide bonds. The lowest BCUT2D eigenvalue weighted by Crippen LogP contribution is -2.57. The van der Waals surface area contributed by atoms with Crippen molar-refractivity contribution >= 4 is 23.8 Å². The number of hydrogen-bond acceptors (Lipinski definition) is 5. The number of carbonyl (C=O) groups excluding carboxylic acids is 3. The smallest absolute Gasteiger partial charge is 0.258 e. The van der Waals surface area contributed by atoms with Gasteiger partial charge in [-0.3, -0.25) is 30.0 Å². The molecule has 1 aromatic rings. The average Bonchev–Trinajstić information content (AvgIpc) is 2.85. The maximum atomic E-state index is 13.5. The van der Waals surface area contributed by atoms with Gasteiger partial charge in [-0.25, -0.2) is 5.48 Å². The molecule has 0 spiro atoms. The molecular formula is C27H42N4O4. The van der Waals surface area contributed by atoms with E-state index in [4.69, 9.17) is 0 Å². The fourth-order valence-corrected chi connectivity index (χ4v) is 4.44. The molecule has 0 unspecified atom stereocenters. The number of hydroxylamine groups is 1. The minimum absolute atomic E-state index is 0.132. The number of nitrogens with zero attached hydrogens (tertiary/aromatic N) is 1. The Bertz CT molecular complexity index is 835. The first-order chi connectivity index (χ1) is 16.7. The summed E-state index contributed by atoms with van der Waals surface area (Å²) in [7, 11) is 0. The second-order valence-electron chi connectivity index (χ2n) is 10.2. The van der Waals surface area contributed by atoms with Crippen molar-refractivity contribution in [2.24, 2.45) is 23.7 Å². The molecule has 0 saturated carbocycles. The van der Waals surface area contributed by atoms with Crippen LogP contribution in [0.5, 0.6) is 0 Å². The van der Waals surface area contributed by atoms with Crippen LogP contribution in [0.4, 0.5) is 0 Å². The Morgan fingerprint density at radius 1 is 1.06 bits per heavy atom. The minimum atomic E-state index is -0.786. The highest BCUT2D eigenvalue weighted by Crippen LogP contribution is 2.26. The van der Waals surface area contributed by atoms with E-state index in [9.17, 15) is 19.6 Å². The van der Waals surface area contributed by atoms with Crippen molar-refractivity contribution in [1.29, 1.82) is 0 Å². The van der Waals surface area contributed by atoms with Gasteiger partial charge in [0.25, 0.3) is 5.91 Å². The summed E-state index contributed by atoms with van der Waals surface area (Å²) in [5.74, 6) is -2.37. The molecule has 0 radical (unpaired) electrons. The number of benzene rings is 1. The molecule has 35 heavy (non-hydrogen) atoms. The van der Waals surface area contributed by atoms with E-state index >= 15 is 0 Å². The first-order valence-electron chi connectivity index (χ1n) is 12.7. The molecule has 1 aromatic carbocycles. The van der Waals surface area contributed by atoms with Crippen LogP contribution in [-0.4, -0.2) is 47.1 Å². The summed E-state index contributed by atoms with van der Waals surface area (Å²) in [5, 5.41) is 14.1. The molecule has 1 saturated heterocycles. The van der Waals surface area contributed by atoms with Gasteiger partial charge in [-0.1, -0.05) is 76.6 Å².